The number of hydrogen-bond donors (Lipinski definition) is 0. The van der Waals surface area contributed by atoms with Crippen LogP contribution in [0.4, 0.5) is 0 Å². The van der Waals surface area contributed by atoms with Crippen LogP contribution in [-0.4, -0.2) is 4.98 Å². The minimum Gasteiger partial charge on any atom is -0.257 e. The Hall–Kier alpha value is -0.820. The van der Waals surface area contributed by atoms with Crippen molar-refractivity contribution in [2.75, 3.05) is 0 Å². The number of hydrogen-bond acceptors (Lipinski definition) is 1. The maximum Gasteiger partial charge on any atom is 0.0667 e. The third kappa shape index (κ3) is 1.58. The maximum atomic E-state index is 5.71. The lowest BCUT2D eigenvalue weighted by atomic mass is 10.2. The number of aromatic nitrogens is 1. The number of pyridine rings is 1. The number of rotatable bonds is 1. The van der Waals surface area contributed by atoms with Crippen molar-refractivity contribution in [2.24, 2.45) is 0 Å². The standard InChI is InChI=1S/C8H8ClN/c1-6(2)8-5-7(9)3-4-10-8/h3-5H,1H2,2H3. The molecular weight excluding hydrogens is 146 g/mol. The van der Waals surface area contributed by atoms with Gasteiger partial charge in [0.15, 0.2) is 0 Å². The molecule has 0 N–H and O–H groups in total. The van der Waals surface area contributed by atoms with Crippen molar-refractivity contribution in [3.63, 3.8) is 0 Å². The van der Waals surface area contributed by atoms with Crippen LogP contribution < -0.4 is 0 Å². The summed E-state index contributed by atoms with van der Waals surface area (Å²) in [4.78, 5) is 4.06. The van der Waals surface area contributed by atoms with Crippen LogP contribution in [0.1, 0.15) is 12.6 Å². The Morgan fingerprint density at radius 3 is 2.80 bits per heavy atom. The molecule has 0 saturated carbocycles. The van der Waals surface area contributed by atoms with Gasteiger partial charge in [-0.15, -0.1) is 0 Å². The van der Waals surface area contributed by atoms with Gasteiger partial charge in [0.05, 0.1) is 5.69 Å². The van der Waals surface area contributed by atoms with Gasteiger partial charge < -0.3 is 0 Å². The third-order valence-electron chi connectivity index (χ3n) is 1.16. The molecule has 52 valence electrons. The summed E-state index contributed by atoms with van der Waals surface area (Å²) < 4.78 is 0. The molecule has 0 bridgehead atoms. The van der Waals surface area contributed by atoms with Gasteiger partial charge in [0.25, 0.3) is 0 Å². The van der Waals surface area contributed by atoms with E-state index in [-0.39, 0.29) is 0 Å². The molecule has 0 saturated heterocycles. The van der Waals surface area contributed by atoms with E-state index in [2.05, 4.69) is 11.6 Å². The number of halogens is 1. The fraction of sp³-hybridized carbons (Fsp3) is 0.125. The average molecular weight is 154 g/mol. The van der Waals surface area contributed by atoms with E-state index in [1.165, 1.54) is 0 Å². The van der Waals surface area contributed by atoms with Gasteiger partial charge in [-0.3, -0.25) is 4.98 Å². The van der Waals surface area contributed by atoms with Crippen molar-refractivity contribution < 1.29 is 0 Å². The van der Waals surface area contributed by atoms with Gasteiger partial charge in [0.2, 0.25) is 0 Å². The highest BCUT2D eigenvalue weighted by Gasteiger charge is 1.93. The number of nitrogens with zero attached hydrogens (tertiary/aromatic N) is 1. The summed E-state index contributed by atoms with van der Waals surface area (Å²) in [7, 11) is 0. The zero-order chi connectivity index (χ0) is 7.56. The Kier molecular flexibility index (Phi) is 2.07. The van der Waals surface area contributed by atoms with Crippen LogP contribution in [0.15, 0.2) is 24.9 Å². The first-order valence-corrected chi connectivity index (χ1v) is 3.35. The van der Waals surface area contributed by atoms with Crippen LogP contribution in [0.2, 0.25) is 5.02 Å². The topological polar surface area (TPSA) is 12.9 Å². The largest absolute Gasteiger partial charge is 0.257 e. The summed E-state index contributed by atoms with van der Waals surface area (Å²) in [6.07, 6.45) is 1.67. The summed E-state index contributed by atoms with van der Waals surface area (Å²) in [5, 5.41) is 0.702. The van der Waals surface area contributed by atoms with Crippen LogP contribution in [0, 0.1) is 0 Å². The third-order valence-corrected chi connectivity index (χ3v) is 1.39. The average Bonchev–Trinajstić information content (AvgIpc) is 1.88. The Morgan fingerprint density at radius 2 is 2.40 bits per heavy atom. The molecule has 0 aliphatic heterocycles. The second-order valence-corrected chi connectivity index (χ2v) is 2.58. The molecule has 1 aromatic rings. The lowest BCUT2D eigenvalue weighted by Gasteiger charge is -1.96. The van der Waals surface area contributed by atoms with Crippen LogP contribution in [0.5, 0.6) is 0 Å². The van der Waals surface area contributed by atoms with E-state index in [9.17, 15) is 0 Å². The summed E-state index contributed by atoms with van der Waals surface area (Å²) in [5.74, 6) is 0. The van der Waals surface area contributed by atoms with E-state index in [0.29, 0.717) is 5.02 Å². The van der Waals surface area contributed by atoms with Crippen LogP contribution in [0.25, 0.3) is 5.57 Å². The molecule has 0 aliphatic rings. The lowest BCUT2D eigenvalue weighted by molar-refractivity contribution is 1.27. The molecule has 0 atom stereocenters. The molecule has 0 radical (unpaired) electrons. The van der Waals surface area contributed by atoms with Crippen molar-refractivity contribution in [2.45, 2.75) is 6.92 Å². The van der Waals surface area contributed by atoms with Crippen molar-refractivity contribution in [1.82, 2.24) is 4.98 Å². The molecule has 0 unspecified atom stereocenters. The molecule has 0 aliphatic carbocycles. The molecule has 1 heterocycles. The van der Waals surface area contributed by atoms with Crippen LogP contribution in [0.3, 0.4) is 0 Å². The first-order chi connectivity index (χ1) is 4.70. The van der Waals surface area contributed by atoms with Crippen molar-refractivity contribution >= 4 is 17.2 Å². The Morgan fingerprint density at radius 1 is 1.70 bits per heavy atom. The first-order valence-electron chi connectivity index (χ1n) is 2.97. The molecule has 1 rings (SSSR count). The molecule has 2 heteroatoms. The van der Waals surface area contributed by atoms with E-state index in [1.54, 1.807) is 18.3 Å². The zero-order valence-electron chi connectivity index (χ0n) is 5.76. The van der Waals surface area contributed by atoms with Crippen LogP contribution in [-0.2, 0) is 0 Å². The predicted molar refractivity (Wildman–Crippen MR) is 44.0 cm³/mol. The molecular formula is C8H8ClN. The second-order valence-electron chi connectivity index (χ2n) is 2.14. The molecule has 1 aromatic heterocycles. The van der Waals surface area contributed by atoms with Gasteiger partial charge in [0.1, 0.15) is 0 Å². The van der Waals surface area contributed by atoms with Gasteiger partial charge in [-0.2, -0.15) is 0 Å². The van der Waals surface area contributed by atoms with Gasteiger partial charge >= 0.3 is 0 Å². The van der Waals surface area contributed by atoms with E-state index in [1.807, 2.05) is 6.92 Å². The number of allylic oxidation sites excluding steroid dienone is 1. The summed E-state index contributed by atoms with van der Waals surface area (Å²) in [6.45, 7) is 5.65. The SMILES string of the molecule is C=C(C)c1cc(Cl)ccn1. The summed E-state index contributed by atoms with van der Waals surface area (Å²) >= 11 is 5.71. The predicted octanol–water partition coefficient (Wildman–Crippen LogP) is 2.77. The molecule has 0 fully saturated rings. The van der Waals surface area contributed by atoms with Crippen molar-refractivity contribution in [1.29, 1.82) is 0 Å². The molecule has 0 aromatic carbocycles. The highest BCUT2D eigenvalue weighted by atomic mass is 35.5. The van der Waals surface area contributed by atoms with Crippen LogP contribution >= 0.6 is 11.6 Å². The fourth-order valence-corrected chi connectivity index (χ4v) is 0.798. The fourth-order valence-electron chi connectivity index (χ4n) is 0.638. The van der Waals surface area contributed by atoms with Crippen molar-refractivity contribution in [3.8, 4) is 0 Å². The van der Waals surface area contributed by atoms with Gasteiger partial charge in [-0.05, 0) is 24.6 Å². The van der Waals surface area contributed by atoms with E-state index < -0.39 is 0 Å². The van der Waals surface area contributed by atoms with Crippen molar-refractivity contribution in [3.05, 3.63) is 35.6 Å². The highest BCUT2D eigenvalue weighted by molar-refractivity contribution is 6.30. The molecule has 0 amide bonds. The van der Waals surface area contributed by atoms with Gasteiger partial charge in [-0.1, -0.05) is 18.2 Å². The Bertz CT molecular complexity index is 255. The summed E-state index contributed by atoms with van der Waals surface area (Å²) in [5.41, 5.74) is 1.79. The monoisotopic (exact) mass is 153 g/mol. The lowest BCUT2D eigenvalue weighted by Crippen LogP contribution is -1.82. The first kappa shape index (κ1) is 7.29. The van der Waals surface area contributed by atoms with Gasteiger partial charge in [-0.25, -0.2) is 0 Å². The van der Waals surface area contributed by atoms with Gasteiger partial charge in [0, 0.05) is 11.2 Å². The summed E-state index contributed by atoms with van der Waals surface area (Å²) in [6, 6.07) is 3.54. The maximum absolute atomic E-state index is 5.71. The normalized spacial score (nSPS) is 9.40. The zero-order valence-corrected chi connectivity index (χ0v) is 6.52. The Balaban J connectivity index is 3.07. The minimum atomic E-state index is 0.702. The molecule has 1 nitrogen and oxygen atoms in total. The molecule has 0 spiro atoms. The molecule has 10 heavy (non-hydrogen) atoms. The second kappa shape index (κ2) is 2.84. The van der Waals surface area contributed by atoms with E-state index in [0.717, 1.165) is 11.3 Å². The smallest absolute Gasteiger partial charge is 0.0667 e. The highest BCUT2D eigenvalue weighted by Crippen LogP contribution is 2.13. The Labute approximate surface area is 65.4 Å². The quantitative estimate of drug-likeness (QED) is 0.605. The van der Waals surface area contributed by atoms with E-state index in [4.69, 9.17) is 11.6 Å². The minimum absolute atomic E-state index is 0.702. The van der Waals surface area contributed by atoms with E-state index >= 15 is 0 Å².